The molecule has 0 saturated carbocycles. The van der Waals surface area contributed by atoms with Crippen molar-refractivity contribution in [2.75, 3.05) is 0 Å². The summed E-state index contributed by atoms with van der Waals surface area (Å²) in [6, 6.07) is 0. The van der Waals surface area contributed by atoms with Gasteiger partial charge in [0, 0.05) is 12.8 Å². The molecule has 1 aliphatic rings. The fraction of sp³-hybridized carbons (Fsp3) is 0.591. The smallest absolute Gasteiger partial charge is 0.303 e. The Kier molecular flexibility index (Phi) is 12.4. The average molecular weight is 395 g/mol. The predicted molar refractivity (Wildman–Crippen MR) is 109 cm³/mol. The molecule has 0 unspecified atom stereocenters. The molecule has 4 N–H and O–H groups in total. The molecule has 0 bridgehead atoms. The van der Waals surface area contributed by atoms with Crippen molar-refractivity contribution in [3.05, 3.63) is 48.6 Å². The summed E-state index contributed by atoms with van der Waals surface area (Å²) in [4.78, 5) is 10.4. The van der Waals surface area contributed by atoms with Gasteiger partial charge in [0.2, 0.25) is 0 Å². The highest BCUT2D eigenvalue weighted by Crippen LogP contribution is 2.25. The minimum Gasteiger partial charge on any atom is -0.481 e. The van der Waals surface area contributed by atoms with Crippen LogP contribution < -0.4 is 0 Å². The number of aliphatic hydroxyl groups is 3. The third kappa shape index (κ3) is 10.6. The monoisotopic (exact) mass is 394 g/mol. The highest BCUT2D eigenvalue weighted by Gasteiger charge is 2.35. The summed E-state index contributed by atoms with van der Waals surface area (Å²) in [6.07, 6.45) is 15.1. The minimum absolute atomic E-state index is 0.0683. The Hall–Kier alpha value is -1.73. The third-order valence-corrected chi connectivity index (χ3v) is 4.42. The Morgan fingerprint density at radius 1 is 1.11 bits per heavy atom. The van der Waals surface area contributed by atoms with Crippen molar-refractivity contribution < 1.29 is 30.0 Å². The zero-order valence-electron chi connectivity index (χ0n) is 16.6. The summed E-state index contributed by atoms with van der Waals surface area (Å²) < 4.78 is 5.72. The van der Waals surface area contributed by atoms with Crippen molar-refractivity contribution >= 4 is 5.97 Å². The molecule has 1 heterocycles. The average Bonchev–Trinajstić information content (AvgIpc) is 3.03. The van der Waals surface area contributed by atoms with Crippen molar-refractivity contribution in [2.24, 2.45) is 0 Å². The largest absolute Gasteiger partial charge is 0.481 e. The molecule has 28 heavy (non-hydrogen) atoms. The van der Waals surface area contributed by atoms with Crippen LogP contribution in [0.1, 0.15) is 51.9 Å². The fourth-order valence-electron chi connectivity index (χ4n) is 2.84. The number of carboxylic acids is 1. The number of carbonyl (C=O) groups is 1. The normalized spacial score (nSPS) is 25.5. The second-order valence-corrected chi connectivity index (χ2v) is 6.92. The first kappa shape index (κ1) is 24.3. The molecule has 0 aromatic heterocycles. The number of hydrogen-bond donors (Lipinski definition) is 4. The zero-order chi connectivity index (χ0) is 20.8. The van der Waals surface area contributed by atoms with E-state index in [1.54, 1.807) is 24.3 Å². The van der Waals surface area contributed by atoms with Crippen LogP contribution in [0.4, 0.5) is 0 Å². The van der Waals surface area contributed by atoms with Gasteiger partial charge in [-0.05, 0) is 32.1 Å². The van der Waals surface area contributed by atoms with E-state index in [-0.39, 0.29) is 6.42 Å². The number of aliphatic hydroxyl groups excluding tert-OH is 3. The van der Waals surface area contributed by atoms with Crippen LogP contribution in [-0.2, 0) is 9.53 Å². The van der Waals surface area contributed by atoms with E-state index in [1.165, 1.54) is 0 Å². The Morgan fingerprint density at radius 2 is 1.82 bits per heavy atom. The van der Waals surface area contributed by atoms with Crippen LogP contribution in [-0.4, -0.2) is 56.9 Å². The zero-order valence-corrected chi connectivity index (χ0v) is 16.6. The molecule has 1 fully saturated rings. The maximum Gasteiger partial charge on any atom is 0.303 e. The molecule has 6 heteroatoms. The third-order valence-electron chi connectivity index (χ3n) is 4.42. The van der Waals surface area contributed by atoms with E-state index in [2.05, 4.69) is 19.1 Å². The number of allylic oxidation sites excluding steroid dienone is 4. The number of rotatable bonds is 13. The Labute approximate surface area is 167 Å². The van der Waals surface area contributed by atoms with Crippen LogP contribution in [0.3, 0.4) is 0 Å². The molecule has 0 radical (unpaired) electrons. The van der Waals surface area contributed by atoms with E-state index >= 15 is 0 Å². The molecule has 1 rings (SSSR count). The lowest BCUT2D eigenvalue weighted by Gasteiger charge is -2.16. The van der Waals surface area contributed by atoms with Gasteiger partial charge in [-0.15, -0.1) is 0 Å². The van der Waals surface area contributed by atoms with Crippen molar-refractivity contribution in [2.45, 2.75) is 82.4 Å². The second-order valence-electron chi connectivity index (χ2n) is 6.92. The Balaban J connectivity index is 2.34. The van der Waals surface area contributed by atoms with Gasteiger partial charge in [-0.1, -0.05) is 55.5 Å². The van der Waals surface area contributed by atoms with Gasteiger partial charge in [0.05, 0.1) is 24.4 Å². The molecule has 0 spiro atoms. The lowest BCUT2D eigenvalue weighted by Crippen LogP contribution is -2.25. The van der Waals surface area contributed by atoms with Crippen LogP contribution in [0.15, 0.2) is 48.6 Å². The van der Waals surface area contributed by atoms with E-state index in [9.17, 15) is 20.1 Å². The molecule has 1 saturated heterocycles. The van der Waals surface area contributed by atoms with E-state index in [0.717, 1.165) is 12.8 Å². The van der Waals surface area contributed by atoms with Gasteiger partial charge in [-0.25, -0.2) is 0 Å². The first-order valence-corrected chi connectivity index (χ1v) is 9.98. The molecule has 6 nitrogen and oxygen atoms in total. The van der Waals surface area contributed by atoms with Gasteiger partial charge in [-0.2, -0.15) is 0 Å². The van der Waals surface area contributed by atoms with Crippen LogP contribution in [0.5, 0.6) is 0 Å². The summed E-state index contributed by atoms with van der Waals surface area (Å²) in [7, 11) is 0. The fourth-order valence-corrected chi connectivity index (χ4v) is 2.84. The van der Waals surface area contributed by atoms with E-state index in [4.69, 9.17) is 9.84 Å². The van der Waals surface area contributed by atoms with Crippen molar-refractivity contribution in [1.29, 1.82) is 0 Å². The highest BCUT2D eigenvalue weighted by molar-refractivity contribution is 5.66. The van der Waals surface area contributed by atoms with Crippen LogP contribution in [0.2, 0.25) is 0 Å². The number of aliphatic carboxylic acids is 1. The van der Waals surface area contributed by atoms with Crippen LogP contribution in [0.25, 0.3) is 0 Å². The molecular formula is C22H34O6. The maximum atomic E-state index is 10.4. The van der Waals surface area contributed by atoms with Crippen LogP contribution in [0, 0.1) is 0 Å². The van der Waals surface area contributed by atoms with Crippen molar-refractivity contribution in [1.82, 2.24) is 0 Å². The molecule has 0 aromatic rings. The molecule has 0 amide bonds. The topological polar surface area (TPSA) is 107 Å². The maximum absolute atomic E-state index is 10.4. The summed E-state index contributed by atoms with van der Waals surface area (Å²) in [5, 5.41) is 38.8. The SMILES string of the molecule is CC/C=C\C/C=C\C[C@H](O)[C@@H]1C[C@H](O)[C@H](/C=C/[C@H](O)C/C=C\CCC(=O)O)O1. The van der Waals surface area contributed by atoms with E-state index in [0.29, 0.717) is 25.7 Å². The number of carboxylic acid groups (broad SMARTS) is 1. The molecule has 0 aliphatic carbocycles. The van der Waals surface area contributed by atoms with E-state index < -0.39 is 36.5 Å². The highest BCUT2D eigenvalue weighted by atomic mass is 16.5. The molecule has 5 atom stereocenters. The summed E-state index contributed by atoms with van der Waals surface area (Å²) in [6.45, 7) is 2.08. The number of ether oxygens (including phenoxy) is 1. The van der Waals surface area contributed by atoms with Gasteiger partial charge in [0.15, 0.2) is 0 Å². The van der Waals surface area contributed by atoms with Crippen molar-refractivity contribution in [3.63, 3.8) is 0 Å². The van der Waals surface area contributed by atoms with Gasteiger partial charge < -0.3 is 25.2 Å². The Morgan fingerprint density at radius 3 is 2.54 bits per heavy atom. The van der Waals surface area contributed by atoms with E-state index in [1.807, 2.05) is 12.2 Å². The number of hydrogen-bond acceptors (Lipinski definition) is 5. The van der Waals surface area contributed by atoms with Crippen LogP contribution >= 0.6 is 0 Å². The van der Waals surface area contributed by atoms with Gasteiger partial charge >= 0.3 is 5.97 Å². The summed E-state index contributed by atoms with van der Waals surface area (Å²) >= 11 is 0. The van der Waals surface area contributed by atoms with Gasteiger partial charge in [-0.3, -0.25) is 4.79 Å². The quantitative estimate of drug-likeness (QED) is 0.358. The first-order valence-electron chi connectivity index (χ1n) is 9.98. The lowest BCUT2D eigenvalue weighted by atomic mass is 10.0. The molecule has 158 valence electrons. The van der Waals surface area contributed by atoms with Crippen molar-refractivity contribution in [3.8, 4) is 0 Å². The Bertz CT molecular complexity index is 551. The molecule has 1 aliphatic heterocycles. The first-order chi connectivity index (χ1) is 13.4. The molecular weight excluding hydrogens is 360 g/mol. The second kappa shape index (κ2) is 14.3. The molecule has 0 aromatic carbocycles. The minimum atomic E-state index is -0.849. The standard InChI is InChI=1S/C22H34O6/c1-2-3-4-5-6-9-12-18(24)21-16-19(25)20(28-21)15-14-17(23)11-8-7-10-13-22(26)27/h3-4,6-9,14-15,17-21,23-25H,2,5,10-13,16H2,1H3,(H,26,27)/b4-3-,8-7-,9-6-,15-14+/t17-,18+,19+,20+,21+/m1/s1. The lowest BCUT2D eigenvalue weighted by molar-refractivity contribution is -0.136. The predicted octanol–water partition coefficient (Wildman–Crippen LogP) is 2.90. The summed E-state index contributed by atoms with van der Waals surface area (Å²) in [5.74, 6) is -0.849. The van der Waals surface area contributed by atoms with Gasteiger partial charge in [0.25, 0.3) is 0 Å². The summed E-state index contributed by atoms with van der Waals surface area (Å²) in [5.41, 5.74) is 0. The van der Waals surface area contributed by atoms with Gasteiger partial charge in [0.1, 0.15) is 6.10 Å².